The predicted octanol–water partition coefficient (Wildman–Crippen LogP) is 5.01. The first-order valence-corrected chi connectivity index (χ1v) is 9.77. The topological polar surface area (TPSA) is 60.9 Å². The Balaban J connectivity index is 1.80. The summed E-state index contributed by atoms with van der Waals surface area (Å²) >= 11 is 1.48. The molecule has 2 heterocycles. The summed E-state index contributed by atoms with van der Waals surface area (Å²) in [6, 6.07) is 14.9. The van der Waals surface area contributed by atoms with Crippen molar-refractivity contribution >= 4 is 17.2 Å². The minimum absolute atomic E-state index is 0.124. The van der Waals surface area contributed by atoms with Crippen molar-refractivity contribution in [1.29, 1.82) is 0 Å². The van der Waals surface area contributed by atoms with E-state index in [-0.39, 0.29) is 6.54 Å². The lowest BCUT2D eigenvalue weighted by molar-refractivity contribution is 0.0999. The molecule has 0 radical (unpaired) electrons. The largest absolute Gasteiger partial charge is 0.366 e. The van der Waals surface area contributed by atoms with E-state index in [2.05, 4.69) is 0 Å². The minimum atomic E-state index is -0.645. The molecule has 4 aromatic rings. The van der Waals surface area contributed by atoms with Crippen molar-refractivity contribution in [3.63, 3.8) is 0 Å². The number of hydrogen-bond donors (Lipinski definition) is 1. The van der Waals surface area contributed by atoms with Crippen LogP contribution in [-0.2, 0) is 6.54 Å². The second-order valence-corrected chi connectivity index (χ2v) is 7.48. The number of halogens is 2. The molecule has 29 heavy (non-hydrogen) atoms. The number of aromatic nitrogens is 2. The molecule has 7 heteroatoms. The van der Waals surface area contributed by atoms with Crippen LogP contribution in [0.5, 0.6) is 0 Å². The van der Waals surface area contributed by atoms with E-state index < -0.39 is 17.5 Å². The molecule has 0 aliphatic rings. The van der Waals surface area contributed by atoms with Crippen LogP contribution in [0.2, 0.25) is 0 Å². The molecular weight excluding hydrogens is 392 g/mol. The third-order valence-electron chi connectivity index (χ3n) is 4.76. The second kappa shape index (κ2) is 7.60. The summed E-state index contributed by atoms with van der Waals surface area (Å²) in [6.07, 6.45) is 0. The van der Waals surface area contributed by atoms with Crippen molar-refractivity contribution in [1.82, 2.24) is 9.55 Å². The Kier molecular flexibility index (Phi) is 4.98. The van der Waals surface area contributed by atoms with Crippen LogP contribution in [0.3, 0.4) is 0 Å². The lowest BCUT2D eigenvalue weighted by Gasteiger charge is -2.12. The molecule has 146 valence electrons. The van der Waals surface area contributed by atoms with Crippen LogP contribution in [0.4, 0.5) is 8.78 Å². The summed E-state index contributed by atoms with van der Waals surface area (Å²) in [4.78, 5) is 16.6. The van der Waals surface area contributed by atoms with E-state index in [0.29, 0.717) is 28.2 Å². The van der Waals surface area contributed by atoms with Gasteiger partial charge >= 0.3 is 0 Å². The number of benzene rings is 2. The van der Waals surface area contributed by atoms with Gasteiger partial charge in [0.05, 0.1) is 23.5 Å². The van der Waals surface area contributed by atoms with E-state index in [4.69, 9.17) is 10.7 Å². The van der Waals surface area contributed by atoms with E-state index in [9.17, 15) is 13.6 Å². The fourth-order valence-corrected chi connectivity index (χ4v) is 4.06. The van der Waals surface area contributed by atoms with Gasteiger partial charge in [-0.25, -0.2) is 13.8 Å². The molecule has 2 aromatic heterocycles. The van der Waals surface area contributed by atoms with Crippen LogP contribution in [-0.4, -0.2) is 15.5 Å². The smallest absolute Gasteiger partial charge is 0.250 e. The molecule has 0 aliphatic heterocycles. The summed E-state index contributed by atoms with van der Waals surface area (Å²) < 4.78 is 29.3. The Labute approximate surface area is 170 Å². The highest BCUT2D eigenvalue weighted by Crippen LogP contribution is 2.32. The molecule has 0 atom stereocenters. The molecule has 0 fully saturated rings. The van der Waals surface area contributed by atoms with Gasteiger partial charge < -0.3 is 10.3 Å². The summed E-state index contributed by atoms with van der Waals surface area (Å²) in [5.74, 6) is -1.85. The van der Waals surface area contributed by atoms with Crippen molar-refractivity contribution in [2.24, 2.45) is 5.73 Å². The van der Waals surface area contributed by atoms with E-state index >= 15 is 0 Å². The Morgan fingerprint density at radius 2 is 1.90 bits per heavy atom. The SMILES string of the molecule is Cc1c(C(N)=O)cc(-c2csc(-c3ccccc3)n2)n1Cc1ccc(F)cc1F. The molecule has 4 nitrogen and oxygen atoms in total. The van der Waals surface area contributed by atoms with E-state index in [1.165, 1.54) is 23.5 Å². The number of primary amides is 1. The molecule has 2 N–H and O–H groups in total. The van der Waals surface area contributed by atoms with Crippen molar-refractivity contribution in [2.75, 3.05) is 0 Å². The van der Waals surface area contributed by atoms with Gasteiger partial charge in [0.2, 0.25) is 0 Å². The second-order valence-electron chi connectivity index (χ2n) is 6.62. The number of hydrogen-bond acceptors (Lipinski definition) is 3. The predicted molar refractivity (Wildman–Crippen MR) is 110 cm³/mol. The standard InChI is InChI=1S/C22H17F2N3OS/c1-13-17(21(25)28)10-20(27(13)11-15-7-8-16(23)9-18(15)24)19-12-29-22(26-19)14-5-3-2-4-6-14/h2-10,12H,11H2,1H3,(H2,25,28). The Morgan fingerprint density at radius 3 is 2.59 bits per heavy atom. The van der Waals surface area contributed by atoms with Crippen LogP contribution in [0.1, 0.15) is 21.6 Å². The van der Waals surface area contributed by atoms with Crippen molar-refractivity contribution < 1.29 is 13.6 Å². The average molecular weight is 409 g/mol. The number of rotatable bonds is 5. The highest BCUT2D eigenvalue weighted by Gasteiger charge is 2.20. The number of carbonyl (C=O) groups excluding carboxylic acids is 1. The fourth-order valence-electron chi connectivity index (χ4n) is 3.24. The highest BCUT2D eigenvalue weighted by atomic mass is 32.1. The molecule has 0 aliphatic carbocycles. The van der Waals surface area contributed by atoms with Gasteiger partial charge in [0.15, 0.2) is 0 Å². The Hall–Kier alpha value is -3.32. The third-order valence-corrected chi connectivity index (χ3v) is 5.65. The molecule has 4 rings (SSSR count). The van der Waals surface area contributed by atoms with Crippen molar-refractivity contribution in [2.45, 2.75) is 13.5 Å². The maximum Gasteiger partial charge on any atom is 0.250 e. The highest BCUT2D eigenvalue weighted by molar-refractivity contribution is 7.13. The number of thiazole rings is 1. The summed E-state index contributed by atoms with van der Waals surface area (Å²) in [7, 11) is 0. The van der Waals surface area contributed by atoms with Crippen LogP contribution >= 0.6 is 11.3 Å². The Bertz CT molecular complexity index is 1200. The van der Waals surface area contributed by atoms with E-state index in [1.54, 1.807) is 17.6 Å². The van der Waals surface area contributed by atoms with Crippen molar-refractivity contribution in [3.05, 3.63) is 88.4 Å². The lowest BCUT2D eigenvalue weighted by Crippen LogP contribution is -2.13. The number of nitrogens with zero attached hydrogens (tertiary/aromatic N) is 2. The molecule has 0 saturated heterocycles. The fraction of sp³-hybridized carbons (Fsp3) is 0.0909. The molecular formula is C22H17F2N3OS. The van der Waals surface area contributed by atoms with Gasteiger partial charge in [-0.2, -0.15) is 0 Å². The van der Waals surface area contributed by atoms with Gasteiger partial charge in [0, 0.05) is 28.3 Å². The average Bonchev–Trinajstić information content (AvgIpc) is 3.30. The maximum atomic E-state index is 14.2. The first kappa shape index (κ1) is 19.0. The zero-order valence-electron chi connectivity index (χ0n) is 15.5. The third kappa shape index (κ3) is 3.69. The summed E-state index contributed by atoms with van der Waals surface area (Å²) in [5.41, 5.74) is 9.07. The first-order valence-electron chi connectivity index (χ1n) is 8.89. The minimum Gasteiger partial charge on any atom is -0.366 e. The summed E-state index contributed by atoms with van der Waals surface area (Å²) in [5, 5.41) is 2.72. The zero-order valence-corrected chi connectivity index (χ0v) is 16.3. The zero-order chi connectivity index (χ0) is 20.5. The lowest BCUT2D eigenvalue weighted by atomic mass is 10.2. The number of carbonyl (C=O) groups is 1. The number of amides is 1. The molecule has 1 amide bonds. The van der Waals surface area contributed by atoms with Crippen LogP contribution in [0, 0.1) is 18.6 Å². The molecule has 0 bridgehead atoms. The van der Waals surface area contributed by atoms with Gasteiger partial charge in [-0.3, -0.25) is 4.79 Å². The van der Waals surface area contributed by atoms with Crippen LogP contribution in [0.15, 0.2) is 60.0 Å². The quantitative estimate of drug-likeness (QED) is 0.504. The van der Waals surface area contributed by atoms with Crippen LogP contribution < -0.4 is 5.73 Å². The van der Waals surface area contributed by atoms with Crippen molar-refractivity contribution in [3.8, 4) is 22.0 Å². The van der Waals surface area contributed by atoms with E-state index in [1.807, 2.05) is 35.7 Å². The van der Waals surface area contributed by atoms with Gasteiger partial charge in [0.1, 0.15) is 16.6 Å². The van der Waals surface area contributed by atoms with Gasteiger partial charge in [-0.15, -0.1) is 11.3 Å². The molecule has 0 spiro atoms. The number of nitrogens with two attached hydrogens (primary N) is 1. The van der Waals surface area contributed by atoms with Gasteiger partial charge in [0.25, 0.3) is 5.91 Å². The van der Waals surface area contributed by atoms with E-state index in [0.717, 1.165) is 16.6 Å². The first-order chi connectivity index (χ1) is 13.9. The molecule has 2 aromatic carbocycles. The van der Waals surface area contributed by atoms with Gasteiger partial charge in [-0.1, -0.05) is 36.4 Å². The molecule has 0 unspecified atom stereocenters. The van der Waals surface area contributed by atoms with Gasteiger partial charge in [-0.05, 0) is 19.1 Å². The summed E-state index contributed by atoms with van der Waals surface area (Å²) in [6.45, 7) is 1.87. The normalized spacial score (nSPS) is 11.0. The van der Waals surface area contributed by atoms with Crippen LogP contribution in [0.25, 0.3) is 22.0 Å². The maximum absolute atomic E-state index is 14.2. The monoisotopic (exact) mass is 409 g/mol. The molecule has 0 saturated carbocycles. The Morgan fingerprint density at radius 1 is 1.14 bits per heavy atom.